The van der Waals surface area contributed by atoms with E-state index in [1.165, 1.54) is 18.0 Å². The monoisotopic (exact) mass is 345 g/mol. The summed E-state index contributed by atoms with van der Waals surface area (Å²) in [7, 11) is 1.40. The van der Waals surface area contributed by atoms with E-state index < -0.39 is 24.6 Å². The van der Waals surface area contributed by atoms with Crippen LogP contribution in [0.3, 0.4) is 0 Å². The SMILES string of the molecule is COc1cn(-c2ccccc2)nc1C(=O)OCC(=O)N1CCOC1=O. The number of benzene rings is 1. The molecule has 9 nitrogen and oxygen atoms in total. The van der Waals surface area contributed by atoms with Crippen LogP contribution in [0.4, 0.5) is 4.79 Å². The van der Waals surface area contributed by atoms with E-state index in [-0.39, 0.29) is 24.6 Å². The van der Waals surface area contributed by atoms with Gasteiger partial charge >= 0.3 is 12.1 Å². The van der Waals surface area contributed by atoms with Crippen molar-refractivity contribution in [1.82, 2.24) is 14.7 Å². The van der Waals surface area contributed by atoms with Crippen LogP contribution in [0.15, 0.2) is 36.5 Å². The van der Waals surface area contributed by atoms with E-state index in [1.54, 1.807) is 0 Å². The van der Waals surface area contributed by atoms with Crippen molar-refractivity contribution in [3.63, 3.8) is 0 Å². The summed E-state index contributed by atoms with van der Waals surface area (Å²) in [4.78, 5) is 36.2. The van der Waals surface area contributed by atoms with Crippen LogP contribution in [-0.2, 0) is 14.3 Å². The van der Waals surface area contributed by atoms with Gasteiger partial charge in [0, 0.05) is 0 Å². The van der Waals surface area contributed by atoms with Crippen LogP contribution < -0.4 is 4.74 Å². The van der Waals surface area contributed by atoms with Crippen molar-refractivity contribution in [3.8, 4) is 11.4 Å². The van der Waals surface area contributed by atoms with Crippen LogP contribution >= 0.6 is 0 Å². The summed E-state index contributed by atoms with van der Waals surface area (Å²) in [5.41, 5.74) is 0.666. The molecule has 1 aliphatic rings. The maximum atomic E-state index is 12.2. The number of ether oxygens (including phenoxy) is 3. The topological polar surface area (TPSA) is 100.0 Å². The summed E-state index contributed by atoms with van der Waals surface area (Å²) in [5, 5.41) is 4.14. The zero-order valence-corrected chi connectivity index (χ0v) is 13.4. The molecule has 25 heavy (non-hydrogen) atoms. The molecule has 0 bridgehead atoms. The Morgan fingerprint density at radius 1 is 1.28 bits per heavy atom. The van der Waals surface area contributed by atoms with E-state index in [1.807, 2.05) is 30.3 Å². The Morgan fingerprint density at radius 2 is 2.04 bits per heavy atom. The summed E-state index contributed by atoms with van der Waals surface area (Å²) in [6.07, 6.45) is 0.790. The summed E-state index contributed by atoms with van der Waals surface area (Å²) in [6.45, 7) is -0.315. The number of hydrogen-bond donors (Lipinski definition) is 0. The zero-order chi connectivity index (χ0) is 17.8. The zero-order valence-electron chi connectivity index (χ0n) is 13.4. The summed E-state index contributed by atoms with van der Waals surface area (Å²) >= 11 is 0. The number of cyclic esters (lactones) is 1. The first kappa shape index (κ1) is 16.5. The number of esters is 1. The first-order valence-corrected chi connectivity index (χ1v) is 7.43. The third kappa shape index (κ3) is 3.44. The standard InChI is InChI=1S/C16H15N3O6/c1-23-12-9-19(11-5-3-2-4-6-11)17-14(12)15(21)25-10-13(20)18-7-8-24-16(18)22/h2-6,9H,7-8,10H2,1H3. The Balaban J connectivity index is 1.70. The van der Waals surface area contributed by atoms with E-state index in [2.05, 4.69) is 9.84 Å². The fourth-order valence-corrected chi connectivity index (χ4v) is 2.26. The molecule has 2 amide bonds. The molecule has 0 atom stereocenters. The molecule has 0 spiro atoms. The van der Waals surface area contributed by atoms with Gasteiger partial charge in [-0.3, -0.25) is 4.79 Å². The van der Waals surface area contributed by atoms with Gasteiger partial charge < -0.3 is 14.2 Å². The Labute approximate surface area is 142 Å². The van der Waals surface area contributed by atoms with Crippen LogP contribution in [0.2, 0.25) is 0 Å². The first-order valence-electron chi connectivity index (χ1n) is 7.43. The molecule has 2 heterocycles. The van der Waals surface area contributed by atoms with Gasteiger partial charge in [-0.25, -0.2) is 19.2 Å². The molecule has 0 aliphatic carbocycles. The van der Waals surface area contributed by atoms with Gasteiger partial charge in [0.15, 0.2) is 12.4 Å². The second kappa shape index (κ2) is 7.04. The second-order valence-corrected chi connectivity index (χ2v) is 5.06. The highest BCUT2D eigenvalue weighted by Crippen LogP contribution is 2.20. The third-order valence-corrected chi connectivity index (χ3v) is 3.50. The smallest absolute Gasteiger partial charge is 0.416 e. The quantitative estimate of drug-likeness (QED) is 0.746. The molecule has 1 aliphatic heterocycles. The van der Waals surface area contributed by atoms with Crippen molar-refractivity contribution in [2.75, 3.05) is 26.9 Å². The predicted molar refractivity (Wildman–Crippen MR) is 83.5 cm³/mol. The molecule has 0 radical (unpaired) electrons. The molecular weight excluding hydrogens is 330 g/mol. The lowest BCUT2D eigenvalue weighted by Crippen LogP contribution is -2.35. The molecule has 1 saturated heterocycles. The predicted octanol–water partition coefficient (Wildman–Crippen LogP) is 1.02. The van der Waals surface area contributed by atoms with E-state index in [0.29, 0.717) is 0 Å². The highest BCUT2D eigenvalue weighted by Gasteiger charge is 2.29. The lowest BCUT2D eigenvalue weighted by atomic mass is 10.3. The van der Waals surface area contributed by atoms with E-state index >= 15 is 0 Å². The minimum atomic E-state index is -0.826. The number of hydrogen-bond acceptors (Lipinski definition) is 7. The van der Waals surface area contributed by atoms with Gasteiger partial charge in [-0.05, 0) is 12.1 Å². The molecule has 0 unspecified atom stereocenters. The number of para-hydroxylation sites is 1. The highest BCUT2D eigenvalue weighted by atomic mass is 16.6. The fourth-order valence-electron chi connectivity index (χ4n) is 2.26. The van der Waals surface area contributed by atoms with E-state index in [4.69, 9.17) is 9.47 Å². The van der Waals surface area contributed by atoms with Crippen LogP contribution in [0.5, 0.6) is 5.75 Å². The number of carbonyl (C=O) groups excluding carboxylic acids is 3. The molecule has 0 N–H and O–H groups in total. The molecule has 1 aromatic carbocycles. The number of carbonyl (C=O) groups is 3. The maximum absolute atomic E-state index is 12.2. The second-order valence-electron chi connectivity index (χ2n) is 5.06. The Morgan fingerprint density at radius 3 is 2.68 bits per heavy atom. The Bertz CT molecular complexity index is 801. The number of methoxy groups -OCH3 is 1. The molecule has 9 heteroatoms. The number of imide groups is 1. The van der Waals surface area contributed by atoms with Crippen molar-refractivity contribution in [3.05, 3.63) is 42.2 Å². The Hall–Kier alpha value is -3.36. The third-order valence-electron chi connectivity index (χ3n) is 3.50. The number of amides is 2. The molecule has 3 rings (SSSR count). The normalized spacial score (nSPS) is 13.5. The largest absolute Gasteiger partial charge is 0.493 e. The van der Waals surface area contributed by atoms with Crippen LogP contribution in [0.25, 0.3) is 5.69 Å². The lowest BCUT2D eigenvalue weighted by molar-refractivity contribution is -0.131. The number of nitrogens with zero attached hydrogens (tertiary/aromatic N) is 3. The van der Waals surface area contributed by atoms with Gasteiger partial charge in [-0.15, -0.1) is 0 Å². The molecular formula is C16H15N3O6. The van der Waals surface area contributed by atoms with Crippen LogP contribution in [0, 0.1) is 0 Å². The Kier molecular flexibility index (Phi) is 4.64. The maximum Gasteiger partial charge on any atom is 0.416 e. The van der Waals surface area contributed by atoms with Crippen LogP contribution in [-0.4, -0.2) is 59.5 Å². The van der Waals surface area contributed by atoms with Gasteiger partial charge in [0.1, 0.15) is 6.61 Å². The lowest BCUT2D eigenvalue weighted by Gasteiger charge is -2.10. The average molecular weight is 345 g/mol. The number of rotatable bonds is 5. The summed E-state index contributed by atoms with van der Waals surface area (Å²) in [6, 6.07) is 9.13. The van der Waals surface area contributed by atoms with Gasteiger partial charge in [-0.2, -0.15) is 5.10 Å². The van der Waals surface area contributed by atoms with Crippen molar-refractivity contribution in [1.29, 1.82) is 0 Å². The van der Waals surface area contributed by atoms with E-state index in [0.717, 1.165) is 10.6 Å². The van der Waals surface area contributed by atoms with Gasteiger partial charge in [0.05, 0.1) is 25.5 Å². The van der Waals surface area contributed by atoms with Crippen molar-refractivity contribution >= 4 is 18.0 Å². The molecule has 1 fully saturated rings. The van der Waals surface area contributed by atoms with Gasteiger partial charge in [0.2, 0.25) is 5.69 Å². The van der Waals surface area contributed by atoms with Crippen molar-refractivity contribution in [2.45, 2.75) is 0 Å². The van der Waals surface area contributed by atoms with Crippen LogP contribution in [0.1, 0.15) is 10.5 Å². The van der Waals surface area contributed by atoms with E-state index in [9.17, 15) is 14.4 Å². The summed E-state index contributed by atoms with van der Waals surface area (Å²) in [5.74, 6) is -1.27. The summed E-state index contributed by atoms with van der Waals surface area (Å²) < 4.78 is 16.2. The minimum absolute atomic E-state index is 0.0665. The molecule has 1 aromatic heterocycles. The fraction of sp³-hybridized carbons (Fsp3) is 0.250. The molecule has 0 saturated carbocycles. The first-order chi connectivity index (χ1) is 12.1. The van der Waals surface area contributed by atoms with Crippen molar-refractivity contribution < 1.29 is 28.6 Å². The number of aromatic nitrogens is 2. The minimum Gasteiger partial charge on any atom is -0.493 e. The van der Waals surface area contributed by atoms with Crippen molar-refractivity contribution in [2.24, 2.45) is 0 Å². The average Bonchev–Trinajstić information content (AvgIpc) is 3.26. The highest BCUT2D eigenvalue weighted by molar-refractivity contribution is 5.96. The molecule has 2 aromatic rings. The van der Waals surface area contributed by atoms with Gasteiger partial charge in [0.25, 0.3) is 5.91 Å². The molecule has 130 valence electrons. The van der Waals surface area contributed by atoms with Gasteiger partial charge in [-0.1, -0.05) is 18.2 Å².